The van der Waals surface area contributed by atoms with Crippen LogP contribution in [-0.4, -0.2) is 33.6 Å². The van der Waals surface area contributed by atoms with Crippen LogP contribution in [0.2, 0.25) is 0 Å². The van der Waals surface area contributed by atoms with Crippen LogP contribution in [0.25, 0.3) is 0 Å². The molecule has 26 heavy (non-hydrogen) atoms. The Morgan fingerprint density at radius 1 is 0.846 bits per heavy atom. The summed E-state index contributed by atoms with van der Waals surface area (Å²) in [5.41, 5.74) is 0. The number of aliphatic hydroxyl groups is 3. The monoisotopic (exact) mass is 358 g/mol. The van der Waals surface area contributed by atoms with E-state index in [9.17, 15) is 15.3 Å². The predicted molar refractivity (Wildman–Crippen MR) is 109 cm³/mol. The Hall–Kier alpha value is -1.78. The third-order valence-electron chi connectivity index (χ3n) is 3.62. The maximum atomic E-state index is 9.75. The van der Waals surface area contributed by atoms with E-state index in [0.717, 1.165) is 12.8 Å². The maximum Gasteiger partial charge on any atom is 0.115 e. The zero-order valence-corrected chi connectivity index (χ0v) is 16.4. The average Bonchev–Trinajstić information content (AvgIpc) is 2.60. The number of hydrogen-bond donors (Lipinski definition) is 3. The van der Waals surface area contributed by atoms with Crippen molar-refractivity contribution >= 4 is 0 Å². The fourth-order valence-corrected chi connectivity index (χ4v) is 1.99. The first-order chi connectivity index (χ1) is 12.5. The molecule has 0 fully saturated rings. The number of hydrogen-bond acceptors (Lipinski definition) is 3. The Balaban J connectivity index is 3.99. The molecular weight excluding hydrogens is 324 g/mol. The van der Waals surface area contributed by atoms with Crippen molar-refractivity contribution in [1.82, 2.24) is 0 Å². The molecule has 0 heterocycles. The molecule has 0 aromatic carbocycles. The van der Waals surface area contributed by atoms with E-state index < -0.39 is 18.3 Å². The highest BCUT2D eigenvalue weighted by Gasteiger charge is 1.99. The van der Waals surface area contributed by atoms with Crippen molar-refractivity contribution < 1.29 is 15.3 Å². The number of unbranched alkanes of at least 4 members (excludes halogenated alkanes) is 1. The first-order valence-corrected chi connectivity index (χ1v) is 9.49. The van der Waals surface area contributed by atoms with Gasteiger partial charge in [-0.25, -0.2) is 0 Å². The molecule has 0 aliphatic carbocycles. The van der Waals surface area contributed by atoms with E-state index in [0.29, 0.717) is 25.2 Å². The van der Waals surface area contributed by atoms with Crippen LogP contribution in [0.1, 0.15) is 59.3 Å². The van der Waals surface area contributed by atoms with Crippen LogP contribution in [0, 0.1) is 29.6 Å². The third kappa shape index (κ3) is 17.1. The van der Waals surface area contributed by atoms with Gasteiger partial charge in [-0.05, 0) is 43.4 Å². The second-order valence-corrected chi connectivity index (χ2v) is 6.65. The van der Waals surface area contributed by atoms with Crippen LogP contribution in [0.5, 0.6) is 0 Å². The zero-order chi connectivity index (χ0) is 19.6. The summed E-state index contributed by atoms with van der Waals surface area (Å²) in [5, 5.41) is 28.8. The molecule has 0 saturated heterocycles. The summed E-state index contributed by atoms with van der Waals surface area (Å²) in [6, 6.07) is 0. The first kappa shape index (κ1) is 24.2. The van der Waals surface area contributed by atoms with Crippen LogP contribution in [0.4, 0.5) is 0 Å². The van der Waals surface area contributed by atoms with Gasteiger partial charge in [-0.2, -0.15) is 0 Å². The molecule has 0 aliphatic rings. The molecule has 0 aromatic heterocycles. The lowest BCUT2D eigenvalue weighted by molar-refractivity contribution is 0.216. The van der Waals surface area contributed by atoms with Gasteiger partial charge in [0.05, 0.1) is 12.2 Å². The topological polar surface area (TPSA) is 60.7 Å². The molecule has 3 heteroatoms. The number of aliphatic hydroxyl groups excluding tert-OH is 3. The maximum absolute atomic E-state index is 9.75. The molecule has 0 saturated carbocycles. The molecule has 0 spiro atoms. The Kier molecular flexibility index (Phi) is 15.5. The van der Waals surface area contributed by atoms with Gasteiger partial charge < -0.3 is 15.3 Å². The number of allylic oxidation sites excluding steroid dienone is 4. The quantitative estimate of drug-likeness (QED) is 0.317. The van der Waals surface area contributed by atoms with Crippen LogP contribution in [0.15, 0.2) is 36.5 Å². The lowest BCUT2D eigenvalue weighted by Crippen LogP contribution is -2.02. The van der Waals surface area contributed by atoms with Crippen molar-refractivity contribution in [2.75, 3.05) is 0 Å². The second kappa shape index (κ2) is 16.7. The van der Waals surface area contributed by atoms with Gasteiger partial charge in [0.1, 0.15) is 6.10 Å². The van der Waals surface area contributed by atoms with Crippen LogP contribution in [-0.2, 0) is 0 Å². The van der Waals surface area contributed by atoms with E-state index in [1.54, 1.807) is 36.5 Å². The van der Waals surface area contributed by atoms with Gasteiger partial charge in [-0.15, -0.1) is 0 Å². The predicted octanol–water partition coefficient (Wildman–Crippen LogP) is 3.76. The summed E-state index contributed by atoms with van der Waals surface area (Å²) in [4.78, 5) is 0. The standard InChI is InChI=1S/C23H34O3/c1-4-21(24)15-10-7-11-18-22(25)16-8-5-6-9-17-23(26)19-13-12-14-20(2)3/h5-6,8,10,15-16,20-26H,4,12-14,18-19H2,1-3H3/b6-5+,15-10+,16-8+/t21-,22+,23-/m1/s1. The van der Waals surface area contributed by atoms with Crippen molar-refractivity contribution in [3.8, 4) is 23.7 Å². The van der Waals surface area contributed by atoms with Gasteiger partial charge in [-0.1, -0.05) is 75.5 Å². The van der Waals surface area contributed by atoms with E-state index in [4.69, 9.17) is 0 Å². The first-order valence-electron chi connectivity index (χ1n) is 9.49. The van der Waals surface area contributed by atoms with Crippen molar-refractivity contribution in [3.05, 3.63) is 36.5 Å². The molecule has 144 valence electrons. The molecule has 3 N–H and O–H groups in total. The molecule has 0 unspecified atom stereocenters. The second-order valence-electron chi connectivity index (χ2n) is 6.65. The van der Waals surface area contributed by atoms with Crippen molar-refractivity contribution in [1.29, 1.82) is 0 Å². The fourth-order valence-electron chi connectivity index (χ4n) is 1.99. The Morgan fingerprint density at radius 2 is 1.58 bits per heavy atom. The minimum absolute atomic E-state index is 0.331. The van der Waals surface area contributed by atoms with Gasteiger partial charge in [-0.3, -0.25) is 0 Å². The zero-order valence-electron chi connectivity index (χ0n) is 16.4. The van der Waals surface area contributed by atoms with Crippen molar-refractivity contribution in [2.24, 2.45) is 5.92 Å². The molecule has 3 atom stereocenters. The van der Waals surface area contributed by atoms with Crippen LogP contribution in [0.3, 0.4) is 0 Å². The Morgan fingerprint density at radius 3 is 2.27 bits per heavy atom. The lowest BCUT2D eigenvalue weighted by atomic mass is 10.0. The molecule has 3 nitrogen and oxygen atoms in total. The van der Waals surface area contributed by atoms with Crippen LogP contribution < -0.4 is 0 Å². The van der Waals surface area contributed by atoms with E-state index in [1.807, 2.05) is 6.92 Å². The molecule has 0 radical (unpaired) electrons. The van der Waals surface area contributed by atoms with E-state index >= 15 is 0 Å². The normalized spacial score (nSPS) is 15.0. The average molecular weight is 359 g/mol. The summed E-state index contributed by atoms with van der Waals surface area (Å²) in [5.74, 6) is 11.9. The largest absolute Gasteiger partial charge is 0.389 e. The SMILES string of the molecule is CC[C@@H](O)/C=C/C#CC[C@@H](O)/C=C/C=C/C#C[C@@H](O)CCCCC(C)C. The summed E-state index contributed by atoms with van der Waals surface area (Å²) in [6.45, 7) is 6.30. The Labute approximate surface area is 159 Å². The smallest absolute Gasteiger partial charge is 0.115 e. The summed E-state index contributed by atoms with van der Waals surface area (Å²) in [6.07, 6.45) is 13.3. The minimum Gasteiger partial charge on any atom is -0.389 e. The third-order valence-corrected chi connectivity index (χ3v) is 3.62. The van der Waals surface area contributed by atoms with E-state index in [2.05, 4.69) is 37.5 Å². The molecular formula is C23H34O3. The van der Waals surface area contributed by atoms with Gasteiger partial charge in [0.2, 0.25) is 0 Å². The molecule has 0 rings (SSSR count). The van der Waals surface area contributed by atoms with Crippen molar-refractivity contribution in [2.45, 2.75) is 77.6 Å². The van der Waals surface area contributed by atoms with Gasteiger partial charge in [0.15, 0.2) is 0 Å². The summed E-state index contributed by atoms with van der Waals surface area (Å²) in [7, 11) is 0. The van der Waals surface area contributed by atoms with E-state index in [1.165, 1.54) is 6.42 Å². The summed E-state index contributed by atoms with van der Waals surface area (Å²) >= 11 is 0. The van der Waals surface area contributed by atoms with Gasteiger partial charge in [0, 0.05) is 6.42 Å². The minimum atomic E-state index is -0.642. The van der Waals surface area contributed by atoms with Crippen LogP contribution >= 0.6 is 0 Å². The highest BCUT2D eigenvalue weighted by molar-refractivity contribution is 5.22. The fraction of sp³-hybridized carbons (Fsp3) is 0.565. The highest BCUT2D eigenvalue weighted by Crippen LogP contribution is 2.09. The van der Waals surface area contributed by atoms with E-state index in [-0.39, 0.29) is 0 Å². The number of rotatable bonds is 10. The van der Waals surface area contributed by atoms with Gasteiger partial charge >= 0.3 is 0 Å². The Bertz CT molecular complexity index is 549. The van der Waals surface area contributed by atoms with Crippen molar-refractivity contribution in [3.63, 3.8) is 0 Å². The highest BCUT2D eigenvalue weighted by atomic mass is 16.3. The molecule has 0 aliphatic heterocycles. The molecule has 0 bridgehead atoms. The molecule has 0 aromatic rings. The lowest BCUT2D eigenvalue weighted by Gasteiger charge is -2.05. The van der Waals surface area contributed by atoms with Gasteiger partial charge in [0.25, 0.3) is 0 Å². The molecule has 0 amide bonds. The summed E-state index contributed by atoms with van der Waals surface area (Å²) < 4.78 is 0.